The average molecular weight is 303 g/mol. The molecule has 0 N–H and O–H groups in total. The van der Waals surface area contributed by atoms with Gasteiger partial charge in [-0.05, 0) is 26.0 Å². The third-order valence-corrected chi connectivity index (χ3v) is 4.99. The largest absolute Gasteiger partial charge is 0.283 e. The lowest BCUT2D eigenvalue weighted by Gasteiger charge is -2.16. The first kappa shape index (κ1) is 13.2. The molecule has 0 radical (unpaired) electrons. The minimum Gasteiger partial charge on any atom is -0.283 e. The number of carbonyl (C=O) groups excluding carboxylic acids is 1. The first-order valence-corrected chi connectivity index (χ1v) is 7.98. The molecule has 1 aromatic carbocycles. The molecule has 102 valence electrons. The van der Waals surface area contributed by atoms with Crippen molar-refractivity contribution in [3.8, 4) is 0 Å². The predicted octanol–water partition coefficient (Wildman–Crippen LogP) is 3.73. The molecule has 0 atom stereocenters. The van der Waals surface area contributed by atoms with Crippen molar-refractivity contribution >= 4 is 43.9 Å². The Kier molecular flexibility index (Phi) is 3.50. The maximum atomic E-state index is 12.6. The van der Waals surface area contributed by atoms with Crippen LogP contribution in [-0.4, -0.2) is 22.4 Å². The number of aromatic nitrogens is 2. The van der Waals surface area contributed by atoms with Crippen LogP contribution in [0.25, 0.3) is 10.2 Å². The number of thiazole rings is 2. The highest BCUT2D eigenvalue weighted by molar-refractivity contribution is 7.22. The summed E-state index contributed by atoms with van der Waals surface area (Å²) in [6.45, 7) is 4.41. The summed E-state index contributed by atoms with van der Waals surface area (Å²) < 4.78 is 1.09. The van der Waals surface area contributed by atoms with Crippen molar-refractivity contribution in [2.75, 3.05) is 11.4 Å². The van der Waals surface area contributed by atoms with Gasteiger partial charge in [-0.1, -0.05) is 23.5 Å². The van der Waals surface area contributed by atoms with E-state index in [9.17, 15) is 4.79 Å². The molecule has 3 rings (SSSR count). The van der Waals surface area contributed by atoms with Gasteiger partial charge in [-0.2, -0.15) is 0 Å². The quantitative estimate of drug-likeness (QED) is 0.740. The SMILES string of the molecule is CCN(C(=O)c1scnc1C)c1nc2ccccc2s1. The predicted molar refractivity (Wildman–Crippen MR) is 83.8 cm³/mol. The van der Waals surface area contributed by atoms with E-state index in [0.717, 1.165) is 21.0 Å². The van der Waals surface area contributed by atoms with Gasteiger partial charge in [0.15, 0.2) is 5.13 Å². The van der Waals surface area contributed by atoms with Crippen molar-refractivity contribution in [3.05, 3.63) is 40.3 Å². The van der Waals surface area contributed by atoms with Gasteiger partial charge in [0.2, 0.25) is 0 Å². The highest BCUT2D eigenvalue weighted by Gasteiger charge is 2.22. The Labute approximate surface area is 124 Å². The van der Waals surface area contributed by atoms with Crippen LogP contribution in [0.3, 0.4) is 0 Å². The topological polar surface area (TPSA) is 46.1 Å². The van der Waals surface area contributed by atoms with Gasteiger partial charge in [0.05, 0.1) is 21.4 Å². The van der Waals surface area contributed by atoms with Gasteiger partial charge in [0.25, 0.3) is 5.91 Å². The number of nitrogens with zero attached hydrogens (tertiary/aromatic N) is 3. The maximum Gasteiger partial charge on any atom is 0.272 e. The van der Waals surface area contributed by atoms with Crippen LogP contribution in [0, 0.1) is 6.92 Å². The van der Waals surface area contributed by atoms with Crippen molar-refractivity contribution in [2.45, 2.75) is 13.8 Å². The molecule has 3 aromatic rings. The number of para-hydroxylation sites is 1. The van der Waals surface area contributed by atoms with Gasteiger partial charge in [-0.25, -0.2) is 9.97 Å². The normalized spacial score (nSPS) is 10.9. The number of fused-ring (bicyclic) bond motifs is 1. The molecule has 0 fully saturated rings. The average Bonchev–Trinajstić information content (AvgIpc) is 3.05. The second-order valence-electron chi connectivity index (χ2n) is 4.28. The number of rotatable bonds is 3. The van der Waals surface area contributed by atoms with Crippen LogP contribution in [0.15, 0.2) is 29.8 Å². The van der Waals surface area contributed by atoms with Crippen LogP contribution < -0.4 is 4.90 Å². The van der Waals surface area contributed by atoms with Crippen LogP contribution in [0.1, 0.15) is 22.3 Å². The molecule has 0 bridgehead atoms. The number of benzene rings is 1. The van der Waals surface area contributed by atoms with E-state index in [4.69, 9.17) is 0 Å². The van der Waals surface area contributed by atoms with E-state index in [1.807, 2.05) is 38.1 Å². The van der Waals surface area contributed by atoms with Crippen LogP contribution >= 0.6 is 22.7 Å². The summed E-state index contributed by atoms with van der Waals surface area (Å²) in [6, 6.07) is 7.92. The highest BCUT2D eigenvalue weighted by Crippen LogP contribution is 2.30. The molecule has 0 aliphatic carbocycles. The van der Waals surface area contributed by atoms with E-state index in [2.05, 4.69) is 9.97 Å². The molecule has 4 nitrogen and oxygen atoms in total. The van der Waals surface area contributed by atoms with Gasteiger partial charge in [-0.15, -0.1) is 11.3 Å². The number of aryl methyl sites for hydroxylation is 1. The maximum absolute atomic E-state index is 12.6. The molecule has 2 heterocycles. The minimum absolute atomic E-state index is 0.0217. The van der Waals surface area contributed by atoms with Crippen LogP contribution in [-0.2, 0) is 0 Å². The van der Waals surface area contributed by atoms with Crippen molar-refractivity contribution < 1.29 is 4.79 Å². The fourth-order valence-electron chi connectivity index (χ4n) is 1.97. The minimum atomic E-state index is -0.0217. The van der Waals surface area contributed by atoms with Crippen LogP contribution in [0.2, 0.25) is 0 Å². The van der Waals surface area contributed by atoms with E-state index in [0.29, 0.717) is 11.4 Å². The van der Waals surface area contributed by atoms with E-state index >= 15 is 0 Å². The Morgan fingerprint density at radius 2 is 2.15 bits per heavy atom. The second kappa shape index (κ2) is 5.30. The molecule has 0 saturated carbocycles. The molecule has 0 aliphatic heterocycles. The zero-order valence-electron chi connectivity index (χ0n) is 11.2. The summed E-state index contributed by atoms with van der Waals surface area (Å²) >= 11 is 2.92. The van der Waals surface area contributed by atoms with Gasteiger partial charge in [0, 0.05) is 6.54 Å². The van der Waals surface area contributed by atoms with E-state index in [1.54, 1.807) is 10.4 Å². The monoisotopic (exact) mass is 303 g/mol. The van der Waals surface area contributed by atoms with Gasteiger partial charge >= 0.3 is 0 Å². The van der Waals surface area contributed by atoms with Crippen molar-refractivity contribution in [1.29, 1.82) is 0 Å². The first-order chi connectivity index (χ1) is 9.70. The number of hydrogen-bond acceptors (Lipinski definition) is 5. The van der Waals surface area contributed by atoms with E-state index in [1.165, 1.54) is 22.7 Å². The summed E-state index contributed by atoms with van der Waals surface area (Å²) in [5.74, 6) is -0.0217. The molecule has 20 heavy (non-hydrogen) atoms. The van der Waals surface area contributed by atoms with Gasteiger partial charge in [0.1, 0.15) is 4.88 Å². The molecule has 0 unspecified atom stereocenters. The van der Waals surface area contributed by atoms with E-state index in [-0.39, 0.29) is 5.91 Å². The second-order valence-corrected chi connectivity index (χ2v) is 6.14. The Morgan fingerprint density at radius 1 is 1.35 bits per heavy atom. The Hall–Kier alpha value is -1.79. The van der Waals surface area contributed by atoms with Gasteiger partial charge in [-0.3, -0.25) is 9.69 Å². The molecule has 2 aromatic heterocycles. The van der Waals surface area contributed by atoms with Crippen molar-refractivity contribution in [2.24, 2.45) is 0 Å². The fraction of sp³-hybridized carbons (Fsp3) is 0.214. The lowest BCUT2D eigenvalue weighted by atomic mass is 10.3. The Balaban J connectivity index is 2.01. The lowest BCUT2D eigenvalue weighted by molar-refractivity contribution is 0.0991. The van der Waals surface area contributed by atoms with Gasteiger partial charge < -0.3 is 0 Å². The van der Waals surface area contributed by atoms with Crippen LogP contribution in [0.4, 0.5) is 5.13 Å². The Bertz CT molecular complexity index is 729. The smallest absolute Gasteiger partial charge is 0.272 e. The molecular formula is C14H13N3OS2. The summed E-state index contributed by atoms with van der Waals surface area (Å²) in [6.07, 6.45) is 0. The molecule has 0 spiro atoms. The number of amides is 1. The molecular weight excluding hydrogens is 290 g/mol. The van der Waals surface area contributed by atoms with Crippen molar-refractivity contribution in [1.82, 2.24) is 9.97 Å². The third-order valence-electron chi connectivity index (χ3n) is 3.01. The highest BCUT2D eigenvalue weighted by atomic mass is 32.1. The number of anilines is 1. The molecule has 1 amide bonds. The summed E-state index contributed by atoms with van der Waals surface area (Å²) in [7, 11) is 0. The molecule has 0 aliphatic rings. The first-order valence-electron chi connectivity index (χ1n) is 6.28. The Morgan fingerprint density at radius 3 is 2.80 bits per heavy atom. The summed E-state index contributed by atoms with van der Waals surface area (Å²) in [5, 5.41) is 0.742. The number of carbonyl (C=O) groups is 1. The third kappa shape index (κ3) is 2.21. The fourth-order valence-corrected chi connectivity index (χ4v) is 3.75. The van der Waals surface area contributed by atoms with Crippen LogP contribution in [0.5, 0.6) is 0 Å². The summed E-state index contributed by atoms with van der Waals surface area (Å²) in [4.78, 5) is 23.7. The zero-order chi connectivity index (χ0) is 14.1. The molecule has 0 saturated heterocycles. The summed E-state index contributed by atoms with van der Waals surface area (Å²) in [5.41, 5.74) is 3.41. The lowest BCUT2D eigenvalue weighted by Crippen LogP contribution is -2.30. The standard InChI is InChI=1S/C14H13N3OS2/c1-3-17(13(18)12-9(2)15-8-19-12)14-16-10-6-4-5-7-11(10)20-14/h4-8H,3H2,1-2H3. The van der Waals surface area contributed by atoms with Crippen molar-refractivity contribution in [3.63, 3.8) is 0 Å². The molecule has 6 heteroatoms. The van der Waals surface area contributed by atoms with E-state index < -0.39 is 0 Å². The number of hydrogen-bond donors (Lipinski definition) is 0. The zero-order valence-corrected chi connectivity index (χ0v) is 12.8.